The number of rotatable bonds is 12. The Hall–Kier alpha value is -3.62. The first-order valence-corrected chi connectivity index (χ1v) is 13.7. The van der Waals surface area contributed by atoms with Gasteiger partial charge in [0.05, 0.1) is 13.2 Å². The largest absolute Gasteiger partial charge is 0.507 e. The molecule has 0 amide bonds. The second kappa shape index (κ2) is 13.1. The van der Waals surface area contributed by atoms with Gasteiger partial charge in [0.2, 0.25) is 0 Å². The molecule has 6 nitrogen and oxygen atoms in total. The highest BCUT2D eigenvalue weighted by atomic mass is 32.2. The van der Waals surface area contributed by atoms with Gasteiger partial charge in [-0.1, -0.05) is 36.4 Å². The summed E-state index contributed by atoms with van der Waals surface area (Å²) in [6, 6.07) is 24.7. The third kappa shape index (κ3) is 7.68. The molecule has 0 saturated heterocycles. The summed E-state index contributed by atoms with van der Waals surface area (Å²) in [5.41, 5.74) is 2.07. The van der Waals surface area contributed by atoms with Crippen LogP contribution in [-0.4, -0.2) is 45.1 Å². The third-order valence-electron chi connectivity index (χ3n) is 5.38. The monoisotopic (exact) mass is 536 g/mol. The van der Waals surface area contributed by atoms with Gasteiger partial charge in [-0.2, -0.15) is 0 Å². The molecule has 0 aliphatic rings. The van der Waals surface area contributed by atoms with Crippen LogP contribution in [-0.2, 0) is 6.42 Å². The fourth-order valence-electron chi connectivity index (χ4n) is 3.57. The summed E-state index contributed by atoms with van der Waals surface area (Å²) < 4.78 is 11.2. The normalized spacial score (nSPS) is 10.8. The van der Waals surface area contributed by atoms with Crippen LogP contribution in [0.4, 0.5) is 0 Å². The molecule has 0 saturated carbocycles. The van der Waals surface area contributed by atoms with Crippen molar-refractivity contribution in [2.75, 3.05) is 24.7 Å². The highest BCUT2D eigenvalue weighted by Gasteiger charge is 2.09. The van der Waals surface area contributed by atoms with Crippen molar-refractivity contribution in [2.45, 2.75) is 16.2 Å². The first-order chi connectivity index (χ1) is 18.0. The number of ether oxygens (including phenoxy) is 2. The number of aromatic hydroxyl groups is 4. The van der Waals surface area contributed by atoms with Crippen molar-refractivity contribution in [3.05, 3.63) is 96.1 Å². The molecule has 4 aromatic carbocycles. The molecule has 37 heavy (non-hydrogen) atoms. The lowest BCUT2D eigenvalue weighted by Gasteiger charge is -2.11. The SMILES string of the molecule is Oc1ccccc1OCCSc1cc(Cc2ccc(O)c(SCCOc3ccccc3O)c2)ccc1O. The van der Waals surface area contributed by atoms with Crippen molar-refractivity contribution in [2.24, 2.45) is 0 Å². The second-order valence-corrected chi connectivity index (χ2v) is 10.4. The lowest BCUT2D eigenvalue weighted by Crippen LogP contribution is -2.00. The van der Waals surface area contributed by atoms with Crippen LogP contribution in [0.25, 0.3) is 0 Å². The molecule has 0 aromatic heterocycles. The van der Waals surface area contributed by atoms with E-state index in [1.165, 1.54) is 23.5 Å². The lowest BCUT2D eigenvalue weighted by molar-refractivity contribution is 0.321. The Morgan fingerprint density at radius 1 is 0.514 bits per heavy atom. The van der Waals surface area contributed by atoms with Crippen LogP contribution in [0.15, 0.2) is 94.7 Å². The highest BCUT2D eigenvalue weighted by molar-refractivity contribution is 7.99. The van der Waals surface area contributed by atoms with E-state index < -0.39 is 0 Å². The van der Waals surface area contributed by atoms with Crippen LogP contribution in [0.1, 0.15) is 11.1 Å². The summed E-state index contributed by atoms with van der Waals surface area (Å²) in [5.74, 6) is 2.71. The Kier molecular flexibility index (Phi) is 9.35. The van der Waals surface area contributed by atoms with Crippen LogP contribution < -0.4 is 9.47 Å². The van der Waals surface area contributed by atoms with Gasteiger partial charge in [0.15, 0.2) is 23.0 Å². The van der Waals surface area contributed by atoms with Gasteiger partial charge in [-0.3, -0.25) is 0 Å². The summed E-state index contributed by atoms with van der Waals surface area (Å²) in [6.45, 7) is 0.774. The van der Waals surface area contributed by atoms with Crippen LogP contribution in [0.3, 0.4) is 0 Å². The molecule has 0 unspecified atom stereocenters. The van der Waals surface area contributed by atoms with Crippen molar-refractivity contribution >= 4 is 23.5 Å². The molecule has 8 heteroatoms. The zero-order valence-corrected chi connectivity index (χ0v) is 21.7. The Bertz CT molecular complexity index is 1230. The van der Waals surface area contributed by atoms with Crippen molar-refractivity contribution in [3.8, 4) is 34.5 Å². The van der Waals surface area contributed by atoms with E-state index in [1.807, 2.05) is 24.3 Å². The molecule has 0 aliphatic heterocycles. The molecule has 192 valence electrons. The second-order valence-electron chi connectivity index (χ2n) is 8.11. The predicted octanol–water partition coefficient (Wildman–Crippen LogP) is 6.44. The van der Waals surface area contributed by atoms with Gasteiger partial charge in [0.1, 0.15) is 11.5 Å². The smallest absolute Gasteiger partial charge is 0.160 e. The standard InChI is InChI=1S/C29H28O6S2/c30-22-5-1-3-7-26(22)34-13-15-36-28-18-20(9-11-24(28)32)17-21-10-12-25(33)29(19-21)37-16-14-35-27-8-4-2-6-23(27)31/h1-12,18-19,30-33H,13-17H2. The third-order valence-corrected chi connectivity index (χ3v) is 7.40. The molecule has 0 bridgehead atoms. The van der Waals surface area contributed by atoms with Gasteiger partial charge in [0, 0.05) is 21.3 Å². The quantitative estimate of drug-likeness (QED) is 0.121. The Morgan fingerprint density at radius 3 is 1.38 bits per heavy atom. The van der Waals surface area contributed by atoms with Gasteiger partial charge in [-0.05, 0) is 66.1 Å². The number of para-hydroxylation sites is 4. The van der Waals surface area contributed by atoms with Gasteiger partial charge in [-0.15, -0.1) is 23.5 Å². The van der Waals surface area contributed by atoms with Gasteiger partial charge in [0.25, 0.3) is 0 Å². The van der Waals surface area contributed by atoms with Crippen molar-refractivity contribution in [1.82, 2.24) is 0 Å². The summed E-state index contributed by atoms with van der Waals surface area (Å²) >= 11 is 2.97. The number of benzene rings is 4. The fraction of sp³-hybridized carbons (Fsp3) is 0.172. The Morgan fingerprint density at radius 2 is 0.946 bits per heavy atom. The van der Waals surface area contributed by atoms with Crippen molar-refractivity contribution in [1.29, 1.82) is 0 Å². The van der Waals surface area contributed by atoms with Crippen LogP contribution in [0.5, 0.6) is 34.5 Å². The Labute approximate surface area is 224 Å². The molecule has 0 radical (unpaired) electrons. The van der Waals surface area contributed by atoms with E-state index in [9.17, 15) is 20.4 Å². The molecule has 4 aromatic rings. The molecular formula is C29H28O6S2. The first kappa shape index (κ1) is 26.4. The summed E-state index contributed by atoms with van der Waals surface area (Å²) in [5, 5.41) is 40.2. The lowest BCUT2D eigenvalue weighted by atomic mass is 10.0. The summed E-state index contributed by atoms with van der Waals surface area (Å²) in [4.78, 5) is 1.51. The van der Waals surface area contributed by atoms with Crippen LogP contribution in [0, 0.1) is 0 Å². The average molecular weight is 537 g/mol. The number of phenolic OH excluding ortho intramolecular Hbond substituents is 4. The van der Waals surface area contributed by atoms with Crippen molar-refractivity contribution in [3.63, 3.8) is 0 Å². The summed E-state index contributed by atoms with van der Waals surface area (Å²) in [7, 11) is 0. The van der Waals surface area contributed by atoms with E-state index in [-0.39, 0.29) is 23.0 Å². The molecular weight excluding hydrogens is 508 g/mol. The van der Waals surface area contributed by atoms with Crippen LogP contribution >= 0.6 is 23.5 Å². The minimum Gasteiger partial charge on any atom is -0.507 e. The number of phenols is 4. The molecule has 0 aliphatic carbocycles. The molecule has 4 N–H and O–H groups in total. The maximum absolute atomic E-state index is 10.3. The molecule has 0 atom stereocenters. The molecule has 4 rings (SSSR count). The summed E-state index contributed by atoms with van der Waals surface area (Å²) in [6.07, 6.45) is 0.643. The Balaban J connectivity index is 1.30. The minimum atomic E-state index is 0.104. The maximum atomic E-state index is 10.3. The van der Waals surface area contributed by atoms with Gasteiger partial charge >= 0.3 is 0 Å². The first-order valence-electron chi connectivity index (χ1n) is 11.7. The van der Waals surface area contributed by atoms with Gasteiger partial charge < -0.3 is 29.9 Å². The minimum absolute atomic E-state index is 0.104. The topological polar surface area (TPSA) is 99.4 Å². The van der Waals surface area contributed by atoms with E-state index in [0.29, 0.717) is 42.6 Å². The molecule has 0 spiro atoms. The highest BCUT2D eigenvalue weighted by Crippen LogP contribution is 2.33. The average Bonchev–Trinajstić information content (AvgIpc) is 2.90. The van der Waals surface area contributed by atoms with E-state index in [1.54, 1.807) is 60.7 Å². The fourth-order valence-corrected chi connectivity index (χ4v) is 5.24. The van der Waals surface area contributed by atoms with Crippen LogP contribution in [0.2, 0.25) is 0 Å². The van der Waals surface area contributed by atoms with E-state index >= 15 is 0 Å². The van der Waals surface area contributed by atoms with E-state index in [4.69, 9.17) is 9.47 Å². The number of hydrogen-bond acceptors (Lipinski definition) is 8. The molecule has 0 heterocycles. The number of hydrogen-bond donors (Lipinski definition) is 4. The predicted molar refractivity (Wildman–Crippen MR) is 148 cm³/mol. The van der Waals surface area contributed by atoms with Crippen molar-refractivity contribution < 1.29 is 29.9 Å². The van der Waals surface area contributed by atoms with E-state index in [2.05, 4.69) is 0 Å². The van der Waals surface area contributed by atoms with Gasteiger partial charge in [-0.25, -0.2) is 0 Å². The zero-order valence-electron chi connectivity index (χ0n) is 20.0. The number of thioether (sulfide) groups is 2. The van der Waals surface area contributed by atoms with E-state index in [0.717, 1.165) is 20.9 Å². The molecule has 0 fully saturated rings. The zero-order chi connectivity index (χ0) is 26.0. The maximum Gasteiger partial charge on any atom is 0.160 e.